The fraction of sp³-hybridized carbons (Fsp3) is 0.471. The third kappa shape index (κ3) is 4.03. The maximum atomic E-state index is 12.1. The van der Waals surface area contributed by atoms with Crippen molar-refractivity contribution in [1.29, 1.82) is 0 Å². The first-order valence-corrected chi connectivity index (χ1v) is 9.15. The first-order chi connectivity index (χ1) is 11.6. The van der Waals surface area contributed by atoms with Crippen LogP contribution in [0.25, 0.3) is 0 Å². The SMILES string of the molecule is Cc1cc2n(n1)CCC(=O)N2CCCC(=O)NCCc1cccs1. The van der Waals surface area contributed by atoms with E-state index in [4.69, 9.17) is 0 Å². The van der Waals surface area contributed by atoms with E-state index in [1.54, 1.807) is 16.2 Å². The molecule has 0 bridgehead atoms. The molecule has 6 nitrogen and oxygen atoms in total. The summed E-state index contributed by atoms with van der Waals surface area (Å²) in [4.78, 5) is 27.1. The van der Waals surface area contributed by atoms with Gasteiger partial charge in [-0.15, -0.1) is 11.3 Å². The number of hydrogen-bond donors (Lipinski definition) is 1. The van der Waals surface area contributed by atoms with Crippen LogP contribution in [-0.4, -0.2) is 34.7 Å². The molecular formula is C17H22N4O2S. The number of aromatic nitrogens is 2. The van der Waals surface area contributed by atoms with E-state index in [-0.39, 0.29) is 11.8 Å². The summed E-state index contributed by atoms with van der Waals surface area (Å²) in [5.41, 5.74) is 0.913. The number of hydrogen-bond acceptors (Lipinski definition) is 4. The standard InChI is InChI=1S/C17H22N4O2S/c1-13-12-16-20(17(23)7-10-21(16)19-13)9-2-5-15(22)18-8-6-14-4-3-11-24-14/h3-4,11-12H,2,5-10H2,1H3,(H,18,22). The smallest absolute Gasteiger partial charge is 0.229 e. The minimum absolute atomic E-state index is 0.0423. The second-order valence-corrected chi connectivity index (χ2v) is 6.98. The summed E-state index contributed by atoms with van der Waals surface area (Å²) in [5.74, 6) is 1.00. The van der Waals surface area contributed by atoms with Crippen molar-refractivity contribution < 1.29 is 9.59 Å². The van der Waals surface area contributed by atoms with Gasteiger partial charge in [0.2, 0.25) is 11.8 Å². The zero-order valence-electron chi connectivity index (χ0n) is 13.8. The molecule has 0 spiro atoms. The van der Waals surface area contributed by atoms with Crippen LogP contribution in [0.1, 0.15) is 29.8 Å². The monoisotopic (exact) mass is 346 g/mol. The van der Waals surface area contributed by atoms with Crippen LogP contribution in [0, 0.1) is 6.92 Å². The summed E-state index contributed by atoms with van der Waals surface area (Å²) in [7, 11) is 0. The third-order valence-corrected chi connectivity index (χ3v) is 4.99. The van der Waals surface area contributed by atoms with Crippen molar-refractivity contribution in [3.63, 3.8) is 0 Å². The average Bonchev–Trinajstić information content (AvgIpc) is 3.18. The van der Waals surface area contributed by atoms with Crippen molar-refractivity contribution in [2.24, 2.45) is 0 Å². The lowest BCUT2D eigenvalue weighted by molar-refractivity contribution is -0.122. The predicted octanol–water partition coefficient (Wildman–Crippen LogP) is 2.13. The lowest BCUT2D eigenvalue weighted by Gasteiger charge is -2.27. The van der Waals surface area contributed by atoms with E-state index in [2.05, 4.69) is 16.5 Å². The molecule has 24 heavy (non-hydrogen) atoms. The van der Waals surface area contributed by atoms with Gasteiger partial charge in [-0.3, -0.25) is 14.5 Å². The van der Waals surface area contributed by atoms with Gasteiger partial charge in [0.15, 0.2) is 0 Å². The van der Waals surface area contributed by atoms with Crippen molar-refractivity contribution in [2.75, 3.05) is 18.0 Å². The van der Waals surface area contributed by atoms with E-state index >= 15 is 0 Å². The molecule has 0 fully saturated rings. The fourth-order valence-electron chi connectivity index (χ4n) is 2.88. The molecule has 3 heterocycles. The van der Waals surface area contributed by atoms with Crippen LogP contribution in [-0.2, 0) is 22.6 Å². The minimum Gasteiger partial charge on any atom is -0.356 e. The lowest BCUT2D eigenvalue weighted by atomic mass is 10.2. The number of nitrogens with one attached hydrogen (secondary N) is 1. The Labute approximate surface area is 145 Å². The Morgan fingerprint density at radius 2 is 2.33 bits per heavy atom. The van der Waals surface area contributed by atoms with Gasteiger partial charge in [-0.25, -0.2) is 4.68 Å². The van der Waals surface area contributed by atoms with Gasteiger partial charge in [0.25, 0.3) is 0 Å². The topological polar surface area (TPSA) is 67.2 Å². The van der Waals surface area contributed by atoms with Crippen LogP contribution in [0.2, 0.25) is 0 Å². The molecule has 0 aromatic carbocycles. The summed E-state index contributed by atoms with van der Waals surface area (Å²) >= 11 is 1.70. The van der Waals surface area contributed by atoms with Gasteiger partial charge in [0.1, 0.15) is 5.82 Å². The van der Waals surface area contributed by atoms with Crippen molar-refractivity contribution in [1.82, 2.24) is 15.1 Å². The van der Waals surface area contributed by atoms with Gasteiger partial charge in [0, 0.05) is 36.9 Å². The molecule has 2 aromatic rings. The molecule has 2 amide bonds. The number of rotatable bonds is 7. The molecule has 0 radical (unpaired) electrons. The molecule has 1 aliphatic heterocycles. The fourth-order valence-corrected chi connectivity index (χ4v) is 3.59. The van der Waals surface area contributed by atoms with E-state index in [1.165, 1.54) is 4.88 Å². The van der Waals surface area contributed by atoms with E-state index in [1.807, 2.05) is 29.1 Å². The average molecular weight is 346 g/mol. The zero-order valence-corrected chi connectivity index (χ0v) is 14.6. The summed E-state index contributed by atoms with van der Waals surface area (Å²) in [6, 6.07) is 6.02. The van der Waals surface area contributed by atoms with E-state index in [0.717, 1.165) is 17.9 Å². The van der Waals surface area contributed by atoms with Crippen LogP contribution in [0.5, 0.6) is 0 Å². The lowest BCUT2D eigenvalue weighted by Crippen LogP contribution is -2.38. The summed E-state index contributed by atoms with van der Waals surface area (Å²) < 4.78 is 1.87. The molecule has 2 aromatic heterocycles. The van der Waals surface area contributed by atoms with Crippen LogP contribution >= 0.6 is 11.3 Å². The zero-order chi connectivity index (χ0) is 16.9. The molecular weight excluding hydrogens is 324 g/mol. The van der Waals surface area contributed by atoms with Gasteiger partial charge in [-0.1, -0.05) is 6.07 Å². The number of fused-ring (bicyclic) bond motifs is 1. The maximum absolute atomic E-state index is 12.1. The van der Waals surface area contributed by atoms with E-state index in [9.17, 15) is 9.59 Å². The second-order valence-electron chi connectivity index (χ2n) is 5.95. The largest absolute Gasteiger partial charge is 0.356 e. The highest BCUT2D eigenvalue weighted by Gasteiger charge is 2.25. The number of thiophene rings is 1. The highest BCUT2D eigenvalue weighted by Crippen LogP contribution is 2.22. The number of carbonyl (C=O) groups is 2. The summed E-state index contributed by atoms with van der Waals surface area (Å²) in [6.07, 6.45) is 2.43. The number of nitrogens with zero attached hydrogens (tertiary/aromatic N) is 3. The van der Waals surface area contributed by atoms with Crippen molar-refractivity contribution in [3.05, 3.63) is 34.2 Å². The Hall–Kier alpha value is -2.15. The minimum atomic E-state index is 0.0423. The van der Waals surface area contributed by atoms with Gasteiger partial charge in [0.05, 0.1) is 12.2 Å². The van der Waals surface area contributed by atoms with E-state index in [0.29, 0.717) is 38.9 Å². The predicted molar refractivity (Wildman–Crippen MR) is 94.2 cm³/mol. The van der Waals surface area contributed by atoms with Crippen molar-refractivity contribution >= 4 is 29.0 Å². The van der Waals surface area contributed by atoms with Gasteiger partial charge < -0.3 is 5.32 Å². The molecule has 7 heteroatoms. The highest BCUT2D eigenvalue weighted by molar-refractivity contribution is 7.09. The van der Waals surface area contributed by atoms with E-state index < -0.39 is 0 Å². The summed E-state index contributed by atoms with van der Waals surface area (Å²) in [6.45, 7) is 3.78. The Morgan fingerprint density at radius 3 is 3.12 bits per heavy atom. The molecule has 1 N–H and O–H groups in total. The van der Waals surface area contributed by atoms with Crippen LogP contribution < -0.4 is 10.2 Å². The first-order valence-electron chi connectivity index (χ1n) is 8.27. The summed E-state index contributed by atoms with van der Waals surface area (Å²) in [5, 5.41) is 9.37. The van der Waals surface area contributed by atoms with Crippen molar-refractivity contribution in [2.45, 2.75) is 39.2 Å². The Balaban J connectivity index is 1.42. The number of amides is 2. The normalized spacial score (nSPS) is 13.9. The highest BCUT2D eigenvalue weighted by atomic mass is 32.1. The van der Waals surface area contributed by atoms with Crippen molar-refractivity contribution in [3.8, 4) is 0 Å². The second kappa shape index (κ2) is 7.61. The van der Waals surface area contributed by atoms with Gasteiger partial charge >= 0.3 is 0 Å². The molecule has 3 rings (SSSR count). The van der Waals surface area contributed by atoms with Crippen LogP contribution in [0.3, 0.4) is 0 Å². The Morgan fingerprint density at radius 1 is 1.46 bits per heavy atom. The number of aryl methyl sites for hydroxylation is 2. The number of carbonyl (C=O) groups excluding carboxylic acids is 2. The Bertz CT molecular complexity index is 708. The van der Waals surface area contributed by atoms with Crippen LogP contribution in [0.4, 0.5) is 5.82 Å². The quantitative estimate of drug-likeness (QED) is 0.835. The molecule has 0 saturated heterocycles. The third-order valence-electron chi connectivity index (χ3n) is 4.06. The first kappa shape index (κ1) is 16.7. The maximum Gasteiger partial charge on any atom is 0.229 e. The van der Waals surface area contributed by atoms with Gasteiger partial charge in [-0.2, -0.15) is 5.10 Å². The molecule has 0 aliphatic carbocycles. The Kier molecular flexibility index (Phi) is 5.30. The molecule has 1 aliphatic rings. The van der Waals surface area contributed by atoms with Crippen LogP contribution in [0.15, 0.2) is 23.6 Å². The molecule has 0 atom stereocenters. The molecule has 0 saturated carbocycles. The number of anilines is 1. The molecule has 0 unspecified atom stereocenters. The molecule has 128 valence electrons. The van der Waals surface area contributed by atoms with Gasteiger partial charge in [-0.05, 0) is 31.2 Å².